The molecule has 3 rings (SSSR count). The van der Waals surface area contributed by atoms with Gasteiger partial charge in [-0.25, -0.2) is 0 Å². The molecule has 2 aromatic rings. The van der Waals surface area contributed by atoms with Crippen molar-refractivity contribution in [3.05, 3.63) is 45.6 Å². The van der Waals surface area contributed by atoms with Crippen molar-refractivity contribution < 1.29 is 9.45 Å². The third-order valence-electron chi connectivity index (χ3n) is 4.05. The van der Waals surface area contributed by atoms with E-state index in [1.165, 1.54) is 0 Å². The molecular formula is C15H19N5O3. The summed E-state index contributed by atoms with van der Waals surface area (Å²) in [5.41, 5.74) is 1.89. The van der Waals surface area contributed by atoms with Crippen LogP contribution in [0.1, 0.15) is 17.3 Å². The van der Waals surface area contributed by atoms with Crippen LogP contribution in [0.2, 0.25) is 0 Å². The van der Waals surface area contributed by atoms with E-state index in [1.54, 1.807) is 19.9 Å². The van der Waals surface area contributed by atoms with Crippen molar-refractivity contribution in [1.82, 2.24) is 15.0 Å². The van der Waals surface area contributed by atoms with E-state index in [-0.39, 0.29) is 10.6 Å². The molecule has 0 unspecified atom stereocenters. The fourth-order valence-corrected chi connectivity index (χ4v) is 2.81. The molecule has 0 spiro atoms. The van der Waals surface area contributed by atoms with E-state index < -0.39 is 0 Å². The minimum Gasteiger partial charge on any atom is -0.369 e. The number of rotatable bonds is 4. The van der Waals surface area contributed by atoms with Gasteiger partial charge in [0.25, 0.3) is 5.69 Å². The second-order valence-electron chi connectivity index (χ2n) is 5.72. The highest BCUT2D eigenvalue weighted by atomic mass is 16.6. The molecular weight excluding hydrogens is 298 g/mol. The van der Waals surface area contributed by atoms with Crippen molar-refractivity contribution in [3.63, 3.8) is 0 Å². The number of nitro benzene ring substituents is 1. The zero-order chi connectivity index (χ0) is 16.4. The third-order valence-corrected chi connectivity index (χ3v) is 4.05. The number of hydrogen-bond acceptors (Lipinski definition) is 7. The number of nitro groups is 1. The second kappa shape index (κ2) is 6.33. The normalized spacial score (nSPS) is 15.8. The van der Waals surface area contributed by atoms with Gasteiger partial charge in [-0.1, -0.05) is 5.16 Å². The lowest BCUT2D eigenvalue weighted by Crippen LogP contribution is -2.46. The molecule has 1 aliphatic rings. The van der Waals surface area contributed by atoms with E-state index in [0.29, 0.717) is 23.8 Å². The Morgan fingerprint density at radius 1 is 1.26 bits per heavy atom. The van der Waals surface area contributed by atoms with Crippen LogP contribution in [-0.4, -0.2) is 46.1 Å². The molecule has 1 saturated heterocycles. The van der Waals surface area contributed by atoms with Crippen molar-refractivity contribution in [2.24, 2.45) is 0 Å². The van der Waals surface area contributed by atoms with Gasteiger partial charge in [0.15, 0.2) is 5.82 Å². The van der Waals surface area contributed by atoms with Gasteiger partial charge < -0.3 is 9.42 Å². The molecule has 8 nitrogen and oxygen atoms in total. The lowest BCUT2D eigenvalue weighted by molar-refractivity contribution is -0.385. The van der Waals surface area contributed by atoms with Crippen LogP contribution in [0.4, 0.5) is 11.4 Å². The average molecular weight is 317 g/mol. The van der Waals surface area contributed by atoms with Crippen LogP contribution in [0.15, 0.2) is 22.7 Å². The van der Waals surface area contributed by atoms with Crippen molar-refractivity contribution in [2.45, 2.75) is 20.4 Å². The predicted octanol–water partition coefficient (Wildman–Crippen LogP) is 1.92. The number of aryl methyl sites for hydroxylation is 2. The molecule has 0 bridgehead atoms. The smallest absolute Gasteiger partial charge is 0.272 e. The van der Waals surface area contributed by atoms with E-state index in [0.717, 1.165) is 31.9 Å². The van der Waals surface area contributed by atoms with Crippen LogP contribution in [0.25, 0.3) is 0 Å². The Hall–Kier alpha value is -2.48. The monoisotopic (exact) mass is 317 g/mol. The van der Waals surface area contributed by atoms with Crippen LogP contribution in [0.3, 0.4) is 0 Å². The third kappa shape index (κ3) is 3.48. The van der Waals surface area contributed by atoms with Crippen LogP contribution >= 0.6 is 0 Å². The van der Waals surface area contributed by atoms with Gasteiger partial charge in [0, 0.05) is 50.4 Å². The average Bonchev–Trinajstić information content (AvgIpc) is 2.92. The van der Waals surface area contributed by atoms with Gasteiger partial charge in [0.2, 0.25) is 5.89 Å². The van der Waals surface area contributed by atoms with Crippen molar-refractivity contribution in [3.8, 4) is 0 Å². The first-order valence-corrected chi connectivity index (χ1v) is 7.54. The van der Waals surface area contributed by atoms with E-state index in [9.17, 15) is 10.1 Å². The molecule has 0 amide bonds. The van der Waals surface area contributed by atoms with Gasteiger partial charge in [0.05, 0.1) is 11.5 Å². The van der Waals surface area contributed by atoms with Crippen molar-refractivity contribution in [2.75, 3.05) is 31.1 Å². The minimum absolute atomic E-state index is 0.167. The molecule has 122 valence electrons. The molecule has 1 fully saturated rings. The lowest BCUT2D eigenvalue weighted by atomic mass is 10.1. The SMILES string of the molecule is Cc1nc(CN2CCN(c3ccc([N+](=O)[O-])c(C)c3)CC2)no1. The largest absolute Gasteiger partial charge is 0.369 e. The quantitative estimate of drug-likeness (QED) is 0.628. The van der Waals surface area contributed by atoms with E-state index >= 15 is 0 Å². The number of hydrogen-bond donors (Lipinski definition) is 0. The number of aromatic nitrogens is 2. The Labute approximate surface area is 133 Å². The van der Waals surface area contributed by atoms with E-state index in [2.05, 4.69) is 19.9 Å². The summed E-state index contributed by atoms with van der Waals surface area (Å²) in [4.78, 5) is 19.3. The van der Waals surface area contributed by atoms with Crippen LogP contribution < -0.4 is 4.90 Å². The van der Waals surface area contributed by atoms with Gasteiger partial charge >= 0.3 is 0 Å². The molecule has 0 N–H and O–H groups in total. The van der Waals surface area contributed by atoms with Crippen molar-refractivity contribution in [1.29, 1.82) is 0 Å². The molecule has 1 aromatic carbocycles. The molecule has 1 aliphatic heterocycles. The zero-order valence-corrected chi connectivity index (χ0v) is 13.2. The zero-order valence-electron chi connectivity index (χ0n) is 13.2. The number of anilines is 1. The van der Waals surface area contributed by atoms with E-state index in [4.69, 9.17) is 4.52 Å². The Bertz CT molecular complexity index is 707. The standard InChI is InChI=1S/C15H19N5O3/c1-11-9-13(3-4-14(11)20(21)22)19-7-5-18(6-8-19)10-15-16-12(2)23-17-15/h3-4,9H,5-8,10H2,1-2H3. The summed E-state index contributed by atoms with van der Waals surface area (Å²) in [6.07, 6.45) is 0. The summed E-state index contributed by atoms with van der Waals surface area (Å²) in [6.45, 7) is 7.77. The predicted molar refractivity (Wildman–Crippen MR) is 84.4 cm³/mol. The molecule has 0 saturated carbocycles. The summed E-state index contributed by atoms with van der Waals surface area (Å²) < 4.78 is 4.99. The number of benzene rings is 1. The van der Waals surface area contributed by atoms with Crippen LogP contribution in [-0.2, 0) is 6.54 Å². The molecule has 8 heteroatoms. The summed E-state index contributed by atoms with van der Waals surface area (Å²) in [6, 6.07) is 5.29. The molecule has 0 atom stereocenters. The maximum Gasteiger partial charge on any atom is 0.272 e. The van der Waals surface area contributed by atoms with Crippen molar-refractivity contribution >= 4 is 11.4 Å². The Balaban J connectivity index is 1.60. The summed E-state index contributed by atoms with van der Waals surface area (Å²) in [7, 11) is 0. The Morgan fingerprint density at radius 2 is 2.00 bits per heavy atom. The maximum atomic E-state index is 10.9. The van der Waals surface area contributed by atoms with Crippen LogP contribution in [0.5, 0.6) is 0 Å². The van der Waals surface area contributed by atoms with Gasteiger partial charge in [-0.05, 0) is 19.1 Å². The summed E-state index contributed by atoms with van der Waals surface area (Å²) in [5, 5.41) is 14.8. The van der Waals surface area contributed by atoms with Gasteiger partial charge in [0.1, 0.15) is 0 Å². The fourth-order valence-electron chi connectivity index (χ4n) is 2.81. The Kier molecular flexibility index (Phi) is 4.24. The fraction of sp³-hybridized carbons (Fsp3) is 0.467. The second-order valence-corrected chi connectivity index (χ2v) is 5.72. The highest BCUT2D eigenvalue weighted by Gasteiger charge is 2.20. The first kappa shape index (κ1) is 15.4. The lowest BCUT2D eigenvalue weighted by Gasteiger charge is -2.35. The number of nitrogens with zero attached hydrogens (tertiary/aromatic N) is 5. The van der Waals surface area contributed by atoms with Gasteiger partial charge in [-0.2, -0.15) is 4.98 Å². The number of piperazine rings is 1. The molecule has 0 aliphatic carbocycles. The summed E-state index contributed by atoms with van der Waals surface area (Å²) >= 11 is 0. The highest BCUT2D eigenvalue weighted by molar-refractivity contribution is 5.55. The summed E-state index contributed by atoms with van der Waals surface area (Å²) in [5.74, 6) is 1.29. The van der Waals surface area contributed by atoms with Gasteiger partial charge in [-0.15, -0.1) is 0 Å². The molecule has 23 heavy (non-hydrogen) atoms. The van der Waals surface area contributed by atoms with Crippen LogP contribution in [0, 0.1) is 24.0 Å². The van der Waals surface area contributed by atoms with E-state index in [1.807, 2.05) is 12.1 Å². The molecule has 0 radical (unpaired) electrons. The van der Waals surface area contributed by atoms with Gasteiger partial charge in [-0.3, -0.25) is 15.0 Å². The Morgan fingerprint density at radius 3 is 2.57 bits per heavy atom. The highest BCUT2D eigenvalue weighted by Crippen LogP contribution is 2.25. The first-order valence-electron chi connectivity index (χ1n) is 7.54. The first-order chi connectivity index (χ1) is 11.0. The maximum absolute atomic E-state index is 10.9. The molecule has 2 heterocycles. The minimum atomic E-state index is -0.343. The topological polar surface area (TPSA) is 88.5 Å². The molecule has 1 aromatic heterocycles.